The molecule has 0 saturated heterocycles. The maximum atomic E-state index is 6.19. The highest BCUT2D eigenvalue weighted by atomic mass is 35.5. The quantitative estimate of drug-likeness (QED) is 0.675. The smallest absolute Gasteiger partial charge is 0.0987 e. The van der Waals surface area contributed by atoms with Crippen LogP contribution in [-0.2, 0) is 14.2 Å². The van der Waals surface area contributed by atoms with E-state index >= 15 is 0 Å². The maximum Gasteiger partial charge on any atom is 0.0987 e. The van der Waals surface area contributed by atoms with Crippen molar-refractivity contribution in [1.29, 1.82) is 0 Å². The van der Waals surface area contributed by atoms with Crippen molar-refractivity contribution in [2.45, 2.75) is 25.5 Å². The Morgan fingerprint density at radius 2 is 1.90 bits per heavy atom. The van der Waals surface area contributed by atoms with Crippen LogP contribution in [0.4, 0.5) is 0 Å². The lowest BCUT2D eigenvalue weighted by molar-refractivity contribution is 0.0144. The molecular weight excluding hydrogens is 278 g/mol. The van der Waals surface area contributed by atoms with Gasteiger partial charge in [0.05, 0.1) is 19.3 Å². The van der Waals surface area contributed by atoms with Crippen LogP contribution in [-0.4, -0.2) is 39.6 Å². The molecule has 0 aromatic heterocycles. The van der Waals surface area contributed by atoms with Gasteiger partial charge in [-0.25, -0.2) is 0 Å². The Balaban J connectivity index is 2.36. The summed E-state index contributed by atoms with van der Waals surface area (Å²) >= 11 is 6.19. The number of hydrogen-bond donors (Lipinski definition) is 1. The molecule has 1 aromatic carbocycles. The first-order chi connectivity index (χ1) is 9.66. The Labute approximate surface area is 126 Å². The summed E-state index contributed by atoms with van der Waals surface area (Å²) in [5, 5.41) is 0.686. The van der Waals surface area contributed by atoms with E-state index in [1.807, 2.05) is 31.2 Å². The molecule has 0 aliphatic carbocycles. The van der Waals surface area contributed by atoms with Crippen LogP contribution < -0.4 is 5.73 Å². The van der Waals surface area contributed by atoms with E-state index in [1.165, 1.54) is 0 Å². The van der Waals surface area contributed by atoms with Crippen molar-refractivity contribution in [1.82, 2.24) is 0 Å². The fourth-order valence-electron chi connectivity index (χ4n) is 1.85. The third-order valence-electron chi connectivity index (χ3n) is 2.85. The second kappa shape index (κ2) is 10.1. The Hall–Kier alpha value is -0.650. The summed E-state index contributed by atoms with van der Waals surface area (Å²) in [4.78, 5) is 0. The molecule has 0 radical (unpaired) electrons. The summed E-state index contributed by atoms with van der Waals surface area (Å²) in [6, 6.07) is 7.51. The van der Waals surface area contributed by atoms with Gasteiger partial charge >= 0.3 is 0 Å². The van der Waals surface area contributed by atoms with E-state index in [4.69, 9.17) is 31.5 Å². The van der Waals surface area contributed by atoms with Crippen molar-refractivity contribution in [3.05, 3.63) is 34.9 Å². The minimum atomic E-state index is -0.192. The van der Waals surface area contributed by atoms with Gasteiger partial charge in [-0.1, -0.05) is 29.8 Å². The van der Waals surface area contributed by atoms with Crippen LogP contribution in [0.5, 0.6) is 0 Å². The van der Waals surface area contributed by atoms with E-state index in [0.29, 0.717) is 31.5 Å². The van der Waals surface area contributed by atoms with E-state index in [1.54, 1.807) is 7.11 Å². The first-order valence-corrected chi connectivity index (χ1v) is 7.23. The van der Waals surface area contributed by atoms with E-state index in [2.05, 4.69) is 0 Å². The van der Waals surface area contributed by atoms with Crippen LogP contribution in [0.1, 0.15) is 25.0 Å². The third-order valence-corrected chi connectivity index (χ3v) is 3.20. The fourth-order valence-corrected chi connectivity index (χ4v) is 2.09. The van der Waals surface area contributed by atoms with Crippen LogP contribution in [0.25, 0.3) is 0 Å². The molecule has 0 aliphatic heterocycles. The van der Waals surface area contributed by atoms with Crippen LogP contribution in [0.15, 0.2) is 24.3 Å². The average Bonchev–Trinajstić information content (AvgIpc) is 2.43. The molecule has 0 amide bonds. The summed E-state index contributed by atoms with van der Waals surface area (Å²) in [7, 11) is 1.66. The van der Waals surface area contributed by atoms with Gasteiger partial charge in [-0.2, -0.15) is 0 Å². The lowest BCUT2D eigenvalue weighted by atomic mass is 10.0. The number of ether oxygens (including phenoxy) is 3. The van der Waals surface area contributed by atoms with Gasteiger partial charge in [-0.3, -0.25) is 0 Å². The van der Waals surface area contributed by atoms with Crippen LogP contribution in [0, 0.1) is 0 Å². The molecule has 2 N–H and O–H groups in total. The van der Waals surface area contributed by atoms with Gasteiger partial charge in [-0.05, 0) is 19.4 Å². The monoisotopic (exact) mass is 301 g/mol. The molecule has 2 unspecified atom stereocenters. The summed E-state index contributed by atoms with van der Waals surface area (Å²) in [5.74, 6) is 0. The molecule has 0 spiro atoms. The van der Waals surface area contributed by atoms with E-state index < -0.39 is 0 Å². The van der Waals surface area contributed by atoms with E-state index in [-0.39, 0.29) is 12.1 Å². The average molecular weight is 302 g/mol. The van der Waals surface area contributed by atoms with Gasteiger partial charge in [0.15, 0.2) is 0 Å². The standard InChI is InChI=1S/C15H24ClNO3/c1-12(17)15(13-6-3-4-7-14(13)16)20-9-5-8-19-11-10-18-2/h3-4,6-7,12,15H,5,8-11,17H2,1-2H3. The molecule has 1 aromatic rings. The molecule has 0 saturated carbocycles. The molecule has 4 nitrogen and oxygen atoms in total. The fraction of sp³-hybridized carbons (Fsp3) is 0.600. The van der Waals surface area contributed by atoms with Crippen molar-refractivity contribution in [2.24, 2.45) is 5.73 Å². The molecule has 1 rings (SSSR count). The van der Waals surface area contributed by atoms with E-state index in [9.17, 15) is 0 Å². The zero-order chi connectivity index (χ0) is 14.8. The summed E-state index contributed by atoms with van der Waals surface area (Å²) in [5.41, 5.74) is 6.92. The number of rotatable bonds is 10. The summed E-state index contributed by atoms with van der Waals surface area (Å²) in [6.45, 7) is 4.38. The normalized spacial score (nSPS) is 14.2. The zero-order valence-electron chi connectivity index (χ0n) is 12.2. The maximum absolute atomic E-state index is 6.19. The summed E-state index contributed by atoms with van der Waals surface area (Å²) < 4.78 is 16.1. The third kappa shape index (κ3) is 6.20. The Kier molecular flexibility index (Phi) is 8.82. The number of halogens is 1. The number of methoxy groups -OCH3 is 1. The number of benzene rings is 1. The van der Waals surface area contributed by atoms with Gasteiger partial charge in [0.25, 0.3) is 0 Å². The van der Waals surface area contributed by atoms with Gasteiger partial charge in [-0.15, -0.1) is 0 Å². The van der Waals surface area contributed by atoms with Crippen LogP contribution in [0.2, 0.25) is 5.02 Å². The predicted octanol–water partition coefficient (Wildman–Crippen LogP) is 2.80. The largest absolute Gasteiger partial charge is 0.382 e. The molecule has 5 heteroatoms. The van der Waals surface area contributed by atoms with Crippen molar-refractivity contribution < 1.29 is 14.2 Å². The molecule has 0 fully saturated rings. The Morgan fingerprint density at radius 3 is 2.55 bits per heavy atom. The van der Waals surface area contributed by atoms with E-state index in [0.717, 1.165) is 12.0 Å². The van der Waals surface area contributed by atoms with Crippen molar-refractivity contribution in [3.8, 4) is 0 Å². The van der Waals surface area contributed by atoms with Gasteiger partial charge < -0.3 is 19.9 Å². The highest BCUT2D eigenvalue weighted by molar-refractivity contribution is 6.31. The number of nitrogens with two attached hydrogens (primary N) is 1. The van der Waals surface area contributed by atoms with Gasteiger partial charge in [0, 0.05) is 37.0 Å². The highest BCUT2D eigenvalue weighted by Gasteiger charge is 2.19. The van der Waals surface area contributed by atoms with Gasteiger partial charge in [0.2, 0.25) is 0 Å². The first kappa shape index (κ1) is 17.4. The molecule has 0 bridgehead atoms. The Morgan fingerprint density at radius 1 is 1.15 bits per heavy atom. The predicted molar refractivity (Wildman–Crippen MR) is 81.1 cm³/mol. The first-order valence-electron chi connectivity index (χ1n) is 6.85. The van der Waals surface area contributed by atoms with Crippen LogP contribution >= 0.6 is 11.6 Å². The molecular formula is C15H24ClNO3. The van der Waals surface area contributed by atoms with Gasteiger partial charge in [0.1, 0.15) is 0 Å². The molecule has 2 atom stereocenters. The topological polar surface area (TPSA) is 53.7 Å². The van der Waals surface area contributed by atoms with Crippen molar-refractivity contribution in [2.75, 3.05) is 33.5 Å². The SMILES string of the molecule is COCCOCCCOC(c1ccccc1Cl)C(C)N. The lowest BCUT2D eigenvalue weighted by Crippen LogP contribution is -2.27. The zero-order valence-corrected chi connectivity index (χ0v) is 12.9. The summed E-state index contributed by atoms with van der Waals surface area (Å²) in [6.07, 6.45) is 0.625. The minimum Gasteiger partial charge on any atom is -0.382 e. The number of hydrogen-bond acceptors (Lipinski definition) is 4. The molecule has 0 aliphatic rings. The second-order valence-electron chi connectivity index (χ2n) is 4.63. The Bertz CT molecular complexity index is 374. The molecule has 0 heterocycles. The highest BCUT2D eigenvalue weighted by Crippen LogP contribution is 2.27. The van der Waals surface area contributed by atoms with Crippen molar-refractivity contribution in [3.63, 3.8) is 0 Å². The second-order valence-corrected chi connectivity index (χ2v) is 5.04. The van der Waals surface area contributed by atoms with Crippen LogP contribution in [0.3, 0.4) is 0 Å². The minimum absolute atomic E-state index is 0.121. The van der Waals surface area contributed by atoms with Crippen molar-refractivity contribution >= 4 is 11.6 Å². The lowest BCUT2D eigenvalue weighted by Gasteiger charge is -2.23. The molecule has 20 heavy (non-hydrogen) atoms. The molecule has 114 valence electrons.